The predicted octanol–water partition coefficient (Wildman–Crippen LogP) is 2.61. The molecule has 0 amide bonds. The first-order valence-electron chi connectivity index (χ1n) is 7.27. The van der Waals surface area contributed by atoms with Crippen molar-refractivity contribution in [2.45, 2.75) is 26.2 Å². The van der Waals surface area contributed by atoms with Gasteiger partial charge in [0, 0.05) is 38.3 Å². The molecule has 2 heterocycles. The number of hydrogen-bond donors (Lipinski definition) is 1. The molecule has 0 bridgehead atoms. The molecular formula is C16H22N4. The highest BCUT2D eigenvalue weighted by atomic mass is 15.1. The van der Waals surface area contributed by atoms with Gasteiger partial charge in [-0.15, -0.1) is 0 Å². The van der Waals surface area contributed by atoms with E-state index in [1.54, 1.807) is 0 Å². The number of anilines is 2. The van der Waals surface area contributed by atoms with Crippen molar-refractivity contribution in [2.24, 2.45) is 7.05 Å². The lowest BCUT2D eigenvalue weighted by atomic mass is 10.1. The summed E-state index contributed by atoms with van der Waals surface area (Å²) in [6, 6.07) is 6.56. The van der Waals surface area contributed by atoms with Crippen molar-refractivity contribution >= 4 is 11.5 Å². The van der Waals surface area contributed by atoms with E-state index < -0.39 is 0 Å². The molecule has 1 aromatic carbocycles. The smallest absolute Gasteiger partial charge is 0.131 e. The van der Waals surface area contributed by atoms with E-state index in [1.165, 1.54) is 11.3 Å². The molecule has 4 heteroatoms. The molecular weight excluding hydrogens is 248 g/mol. The average molecular weight is 270 g/mol. The minimum absolute atomic E-state index is 0.764. The number of nitrogen functional groups attached to an aromatic ring is 1. The second-order valence-electron chi connectivity index (χ2n) is 5.59. The molecule has 0 fully saturated rings. The summed E-state index contributed by atoms with van der Waals surface area (Å²) in [6.45, 7) is 3.26. The molecule has 1 aromatic heterocycles. The van der Waals surface area contributed by atoms with Gasteiger partial charge in [0.1, 0.15) is 17.3 Å². The van der Waals surface area contributed by atoms with Gasteiger partial charge < -0.3 is 15.2 Å². The summed E-state index contributed by atoms with van der Waals surface area (Å²) < 4.78 is 2.01. The number of fused-ring (bicyclic) bond motifs is 1. The Labute approximate surface area is 120 Å². The summed E-state index contributed by atoms with van der Waals surface area (Å²) in [5, 5.41) is 0. The number of aryl methyl sites for hydroxylation is 1. The third-order valence-electron chi connectivity index (χ3n) is 4.19. The minimum atomic E-state index is 0.764. The average Bonchev–Trinajstić information content (AvgIpc) is 2.95. The Balaban J connectivity index is 2.04. The number of benzene rings is 1. The number of nitrogens with zero attached hydrogens (tertiary/aromatic N) is 3. The normalized spacial score (nSPS) is 13.8. The van der Waals surface area contributed by atoms with Crippen LogP contribution in [0.15, 0.2) is 18.2 Å². The van der Waals surface area contributed by atoms with E-state index in [2.05, 4.69) is 37.1 Å². The van der Waals surface area contributed by atoms with E-state index in [0.29, 0.717) is 0 Å². The van der Waals surface area contributed by atoms with E-state index in [4.69, 9.17) is 10.7 Å². The molecule has 0 radical (unpaired) electrons. The van der Waals surface area contributed by atoms with Crippen LogP contribution in [-0.4, -0.2) is 23.1 Å². The van der Waals surface area contributed by atoms with Gasteiger partial charge in [-0.05, 0) is 30.5 Å². The van der Waals surface area contributed by atoms with Crippen molar-refractivity contribution in [1.29, 1.82) is 0 Å². The zero-order valence-corrected chi connectivity index (χ0v) is 12.5. The number of imidazole rings is 1. The molecule has 4 nitrogen and oxygen atoms in total. The van der Waals surface area contributed by atoms with Crippen molar-refractivity contribution in [3.63, 3.8) is 0 Å². The number of hydrogen-bond acceptors (Lipinski definition) is 3. The van der Waals surface area contributed by atoms with Crippen LogP contribution in [0, 0.1) is 0 Å². The molecule has 0 saturated carbocycles. The van der Waals surface area contributed by atoms with Gasteiger partial charge in [0.05, 0.1) is 0 Å². The van der Waals surface area contributed by atoms with Gasteiger partial charge in [-0.3, -0.25) is 0 Å². The van der Waals surface area contributed by atoms with Crippen LogP contribution >= 0.6 is 0 Å². The van der Waals surface area contributed by atoms with E-state index >= 15 is 0 Å². The van der Waals surface area contributed by atoms with Crippen LogP contribution in [0.5, 0.6) is 0 Å². The van der Waals surface area contributed by atoms with Crippen molar-refractivity contribution in [3.05, 3.63) is 29.6 Å². The van der Waals surface area contributed by atoms with E-state index in [0.717, 1.165) is 48.7 Å². The van der Waals surface area contributed by atoms with Crippen molar-refractivity contribution in [2.75, 3.05) is 24.2 Å². The number of nitrogens with two attached hydrogens (primary N) is 1. The molecule has 3 rings (SSSR count). The largest absolute Gasteiger partial charge is 0.383 e. The van der Waals surface area contributed by atoms with Crippen molar-refractivity contribution < 1.29 is 0 Å². The lowest BCUT2D eigenvalue weighted by Crippen LogP contribution is -2.12. The Kier molecular flexibility index (Phi) is 3.16. The first-order valence-corrected chi connectivity index (χ1v) is 7.27. The highest BCUT2D eigenvalue weighted by Crippen LogP contribution is 2.33. The maximum atomic E-state index is 6.23. The van der Waals surface area contributed by atoms with Gasteiger partial charge in [-0.1, -0.05) is 13.0 Å². The quantitative estimate of drug-likeness (QED) is 0.932. The molecule has 0 unspecified atom stereocenters. The maximum absolute atomic E-state index is 6.23. The molecule has 0 saturated heterocycles. The Morgan fingerprint density at radius 3 is 2.85 bits per heavy atom. The van der Waals surface area contributed by atoms with Crippen LogP contribution < -0.4 is 10.6 Å². The first-order chi connectivity index (χ1) is 9.61. The van der Waals surface area contributed by atoms with Crippen LogP contribution in [0.2, 0.25) is 0 Å². The van der Waals surface area contributed by atoms with Gasteiger partial charge in [0.15, 0.2) is 0 Å². The van der Waals surface area contributed by atoms with Gasteiger partial charge in [-0.25, -0.2) is 4.98 Å². The molecule has 2 aromatic rings. The van der Waals surface area contributed by atoms with Crippen LogP contribution in [0.1, 0.15) is 24.7 Å². The van der Waals surface area contributed by atoms with Crippen LogP contribution in [0.4, 0.5) is 11.5 Å². The standard InChI is InChI=1S/C16H22N4/c1-4-5-14-18-15(16(17)20(14)3)12-6-7-13-11(10-12)8-9-19(13)2/h6-7,10H,4-5,8-9,17H2,1-3H3. The van der Waals surface area contributed by atoms with Gasteiger partial charge >= 0.3 is 0 Å². The monoisotopic (exact) mass is 270 g/mol. The molecule has 0 aliphatic carbocycles. The molecule has 0 atom stereocenters. The summed E-state index contributed by atoms with van der Waals surface area (Å²) in [6.07, 6.45) is 3.15. The van der Waals surface area contributed by atoms with E-state index in [-0.39, 0.29) is 0 Å². The Bertz CT molecular complexity index is 642. The summed E-state index contributed by atoms with van der Waals surface area (Å²) in [5.41, 5.74) is 11.0. The third-order valence-corrected chi connectivity index (χ3v) is 4.19. The molecule has 0 spiro atoms. The van der Waals surface area contributed by atoms with Gasteiger partial charge in [0.2, 0.25) is 0 Å². The summed E-state index contributed by atoms with van der Waals surface area (Å²) in [4.78, 5) is 7.03. The molecule has 20 heavy (non-hydrogen) atoms. The van der Waals surface area contributed by atoms with Crippen molar-refractivity contribution in [3.8, 4) is 11.3 Å². The number of aromatic nitrogens is 2. The molecule has 2 N–H and O–H groups in total. The second kappa shape index (κ2) is 4.85. The van der Waals surface area contributed by atoms with Gasteiger partial charge in [0.25, 0.3) is 0 Å². The SMILES string of the molecule is CCCc1nc(-c2ccc3c(c2)CCN3C)c(N)n1C. The van der Waals surface area contributed by atoms with Crippen LogP contribution in [-0.2, 0) is 19.9 Å². The molecule has 106 valence electrons. The number of rotatable bonds is 3. The maximum Gasteiger partial charge on any atom is 0.131 e. The highest BCUT2D eigenvalue weighted by molar-refractivity contribution is 5.75. The Morgan fingerprint density at radius 2 is 2.10 bits per heavy atom. The molecule has 1 aliphatic rings. The fourth-order valence-electron chi connectivity index (χ4n) is 2.93. The minimum Gasteiger partial charge on any atom is -0.383 e. The summed E-state index contributed by atoms with van der Waals surface area (Å²) >= 11 is 0. The van der Waals surface area contributed by atoms with E-state index in [1.807, 2.05) is 11.6 Å². The zero-order chi connectivity index (χ0) is 14.3. The Hall–Kier alpha value is -1.97. The highest BCUT2D eigenvalue weighted by Gasteiger charge is 2.19. The van der Waals surface area contributed by atoms with Crippen LogP contribution in [0.25, 0.3) is 11.3 Å². The topological polar surface area (TPSA) is 47.1 Å². The lowest BCUT2D eigenvalue weighted by molar-refractivity contribution is 0.764. The Morgan fingerprint density at radius 1 is 1.30 bits per heavy atom. The summed E-state index contributed by atoms with van der Waals surface area (Å²) in [5.74, 6) is 1.83. The second-order valence-corrected chi connectivity index (χ2v) is 5.59. The van der Waals surface area contributed by atoms with E-state index in [9.17, 15) is 0 Å². The fraction of sp³-hybridized carbons (Fsp3) is 0.438. The predicted molar refractivity (Wildman–Crippen MR) is 84.0 cm³/mol. The summed E-state index contributed by atoms with van der Waals surface area (Å²) in [7, 11) is 4.14. The first kappa shape index (κ1) is 13.0. The number of likely N-dealkylation sites (N-methyl/N-ethyl adjacent to an activating group) is 1. The fourth-order valence-corrected chi connectivity index (χ4v) is 2.93. The van der Waals surface area contributed by atoms with Crippen LogP contribution in [0.3, 0.4) is 0 Å². The lowest BCUT2D eigenvalue weighted by Gasteiger charge is -2.11. The zero-order valence-electron chi connectivity index (χ0n) is 12.5. The van der Waals surface area contributed by atoms with Gasteiger partial charge in [-0.2, -0.15) is 0 Å². The third kappa shape index (κ3) is 1.96. The molecule has 1 aliphatic heterocycles. The van der Waals surface area contributed by atoms with Crippen molar-refractivity contribution in [1.82, 2.24) is 9.55 Å².